The second kappa shape index (κ2) is 9.87. The van der Waals surface area contributed by atoms with Crippen molar-refractivity contribution in [3.63, 3.8) is 0 Å². The molecular formula is C31H22O6. The molecule has 182 valence electrons. The van der Waals surface area contributed by atoms with Crippen molar-refractivity contribution in [3.8, 4) is 17.2 Å². The zero-order valence-corrected chi connectivity index (χ0v) is 19.6. The van der Waals surface area contributed by atoms with Gasteiger partial charge in [0.1, 0.15) is 22.8 Å². The smallest absolute Gasteiger partial charge is 0.228 e. The van der Waals surface area contributed by atoms with Crippen molar-refractivity contribution >= 4 is 28.6 Å². The van der Waals surface area contributed by atoms with Crippen LogP contribution in [0.5, 0.6) is 17.2 Å². The third-order valence-electron chi connectivity index (χ3n) is 6.00. The quantitative estimate of drug-likeness (QED) is 0.183. The lowest BCUT2D eigenvalue weighted by atomic mass is 10.0. The highest BCUT2D eigenvalue weighted by Crippen LogP contribution is 2.27. The summed E-state index contributed by atoms with van der Waals surface area (Å²) in [5.41, 5.74) is 3.56. The summed E-state index contributed by atoms with van der Waals surface area (Å²) in [6.45, 7) is 0. The topological polar surface area (TPSA) is 108 Å². The molecule has 6 heteroatoms. The van der Waals surface area contributed by atoms with Crippen molar-refractivity contribution in [2.75, 3.05) is 0 Å². The van der Waals surface area contributed by atoms with E-state index in [2.05, 4.69) is 0 Å². The van der Waals surface area contributed by atoms with Crippen LogP contribution in [-0.4, -0.2) is 26.9 Å². The van der Waals surface area contributed by atoms with Gasteiger partial charge in [-0.3, -0.25) is 9.59 Å². The van der Waals surface area contributed by atoms with E-state index in [0.29, 0.717) is 23.1 Å². The number of aromatic hydroxyl groups is 3. The first kappa shape index (κ1) is 23.6. The third-order valence-corrected chi connectivity index (χ3v) is 6.00. The van der Waals surface area contributed by atoms with E-state index < -0.39 is 5.78 Å². The van der Waals surface area contributed by atoms with Gasteiger partial charge in [-0.2, -0.15) is 0 Å². The molecule has 1 heterocycles. The van der Waals surface area contributed by atoms with Gasteiger partial charge < -0.3 is 19.7 Å². The molecule has 37 heavy (non-hydrogen) atoms. The van der Waals surface area contributed by atoms with Crippen LogP contribution in [0.1, 0.15) is 43.2 Å². The first-order chi connectivity index (χ1) is 17.9. The fraction of sp³-hybridized carbons (Fsp3) is 0.0323. The molecule has 0 atom stereocenters. The van der Waals surface area contributed by atoms with Crippen LogP contribution in [0.2, 0.25) is 0 Å². The Balaban J connectivity index is 1.35. The SMILES string of the molecule is O=C(c1ccccc1)c1cc2cc(Cc3ccc(O)c(/C=C/C(=O)c4ccc(O)cc4O)c3)ccc2o1. The molecule has 0 aliphatic rings. The maximum Gasteiger partial charge on any atom is 0.228 e. The largest absolute Gasteiger partial charge is 0.508 e. The molecule has 0 fully saturated rings. The Hall–Kier alpha value is -5.10. The van der Waals surface area contributed by atoms with E-state index >= 15 is 0 Å². The summed E-state index contributed by atoms with van der Waals surface area (Å²) in [7, 11) is 0. The normalized spacial score (nSPS) is 11.2. The van der Waals surface area contributed by atoms with Crippen LogP contribution in [0.25, 0.3) is 17.0 Å². The highest BCUT2D eigenvalue weighted by Gasteiger charge is 2.15. The summed E-state index contributed by atoms with van der Waals surface area (Å²) in [4.78, 5) is 25.2. The first-order valence-corrected chi connectivity index (χ1v) is 11.6. The predicted octanol–water partition coefficient (Wildman–Crippen LogP) is 6.27. The lowest BCUT2D eigenvalue weighted by molar-refractivity contribution is 0.101. The highest BCUT2D eigenvalue weighted by atomic mass is 16.3. The Morgan fingerprint density at radius 2 is 1.51 bits per heavy atom. The number of carbonyl (C=O) groups excluding carboxylic acids is 2. The molecule has 0 spiro atoms. The fourth-order valence-electron chi connectivity index (χ4n) is 4.11. The zero-order chi connectivity index (χ0) is 25.9. The number of hydrogen-bond acceptors (Lipinski definition) is 6. The number of rotatable bonds is 7. The molecule has 0 aliphatic carbocycles. The molecule has 5 rings (SSSR count). The lowest BCUT2D eigenvalue weighted by Crippen LogP contribution is -1.98. The van der Waals surface area contributed by atoms with E-state index in [-0.39, 0.29) is 34.4 Å². The number of furan rings is 1. The average molecular weight is 491 g/mol. The maximum absolute atomic E-state index is 12.7. The van der Waals surface area contributed by atoms with Crippen LogP contribution in [0, 0.1) is 0 Å². The van der Waals surface area contributed by atoms with Crippen LogP contribution in [-0.2, 0) is 6.42 Å². The monoisotopic (exact) mass is 490 g/mol. The van der Waals surface area contributed by atoms with Crippen LogP contribution in [0.4, 0.5) is 0 Å². The molecule has 0 saturated heterocycles. The first-order valence-electron chi connectivity index (χ1n) is 11.6. The molecule has 1 aromatic heterocycles. The number of allylic oxidation sites excluding steroid dienone is 1. The van der Waals surface area contributed by atoms with E-state index in [9.17, 15) is 24.9 Å². The number of fused-ring (bicyclic) bond motifs is 1. The fourth-order valence-corrected chi connectivity index (χ4v) is 4.11. The minimum Gasteiger partial charge on any atom is -0.508 e. The molecule has 0 aliphatic heterocycles. The van der Waals surface area contributed by atoms with Crippen LogP contribution in [0.3, 0.4) is 0 Å². The summed E-state index contributed by atoms with van der Waals surface area (Å²) < 4.78 is 5.77. The van der Waals surface area contributed by atoms with Gasteiger partial charge >= 0.3 is 0 Å². The molecule has 5 aromatic rings. The minimum absolute atomic E-state index is 0.0112. The Kier molecular flexibility index (Phi) is 6.31. The molecule has 6 nitrogen and oxygen atoms in total. The Labute approximate surface area is 212 Å². The van der Waals surface area contributed by atoms with Crippen molar-refractivity contribution in [1.29, 1.82) is 0 Å². The molecule has 0 bridgehead atoms. The van der Waals surface area contributed by atoms with Crippen LogP contribution in [0.15, 0.2) is 101 Å². The number of carbonyl (C=O) groups is 2. The Bertz CT molecular complexity index is 1660. The van der Waals surface area contributed by atoms with Crippen LogP contribution < -0.4 is 0 Å². The van der Waals surface area contributed by atoms with E-state index in [1.54, 1.807) is 36.4 Å². The lowest BCUT2D eigenvalue weighted by Gasteiger charge is -2.06. The van der Waals surface area contributed by atoms with E-state index in [1.807, 2.05) is 36.4 Å². The summed E-state index contributed by atoms with van der Waals surface area (Å²) >= 11 is 0. The van der Waals surface area contributed by atoms with Gasteiger partial charge in [-0.15, -0.1) is 0 Å². The highest BCUT2D eigenvalue weighted by molar-refractivity contribution is 6.09. The van der Waals surface area contributed by atoms with Gasteiger partial charge in [-0.05, 0) is 72.2 Å². The van der Waals surface area contributed by atoms with Gasteiger partial charge in [-0.25, -0.2) is 0 Å². The molecule has 3 N–H and O–H groups in total. The summed E-state index contributed by atoms with van der Waals surface area (Å²) in [6, 6.07) is 25.3. The molecule has 4 aromatic carbocycles. The van der Waals surface area contributed by atoms with Crippen LogP contribution >= 0.6 is 0 Å². The summed E-state index contributed by atoms with van der Waals surface area (Å²) in [6.07, 6.45) is 3.29. The van der Waals surface area contributed by atoms with Gasteiger partial charge in [-0.1, -0.05) is 42.5 Å². The number of phenolic OH excluding ortho intramolecular Hbond substituents is 3. The Morgan fingerprint density at radius 3 is 2.30 bits per heavy atom. The van der Waals surface area contributed by atoms with Gasteiger partial charge in [0.2, 0.25) is 5.78 Å². The van der Waals surface area contributed by atoms with Gasteiger partial charge in [0, 0.05) is 22.6 Å². The second-order valence-corrected chi connectivity index (χ2v) is 8.65. The molecular weight excluding hydrogens is 468 g/mol. The van der Waals surface area contributed by atoms with Gasteiger partial charge in [0.15, 0.2) is 11.5 Å². The van der Waals surface area contributed by atoms with Gasteiger partial charge in [0.05, 0.1) is 5.56 Å². The van der Waals surface area contributed by atoms with E-state index in [0.717, 1.165) is 22.6 Å². The number of hydrogen-bond donors (Lipinski definition) is 3. The molecule has 0 unspecified atom stereocenters. The third kappa shape index (κ3) is 5.13. The Morgan fingerprint density at radius 1 is 0.757 bits per heavy atom. The number of benzene rings is 4. The van der Waals surface area contributed by atoms with Crippen molar-refractivity contribution in [1.82, 2.24) is 0 Å². The average Bonchev–Trinajstić information content (AvgIpc) is 3.32. The minimum atomic E-state index is -0.464. The number of phenols is 3. The predicted molar refractivity (Wildman–Crippen MR) is 140 cm³/mol. The van der Waals surface area contributed by atoms with Crippen molar-refractivity contribution in [2.45, 2.75) is 6.42 Å². The maximum atomic E-state index is 12.7. The molecule has 0 saturated carbocycles. The molecule has 0 amide bonds. The van der Waals surface area contributed by atoms with Crippen molar-refractivity contribution < 1.29 is 29.3 Å². The summed E-state index contributed by atoms with van der Waals surface area (Å²) in [5, 5.41) is 30.4. The zero-order valence-electron chi connectivity index (χ0n) is 19.6. The number of ketones is 2. The van der Waals surface area contributed by atoms with Gasteiger partial charge in [0.25, 0.3) is 0 Å². The molecule has 0 radical (unpaired) electrons. The van der Waals surface area contributed by atoms with Crippen molar-refractivity contribution in [3.05, 3.63) is 131 Å². The van der Waals surface area contributed by atoms with E-state index in [4.69, 9.17) is 4.42 Å². The van der Waals surface area contributed by atoms with E-state index in [1.165, 1.54) is 24.3 Å². The standard InChI is InChI=1S/C31H22O6/c32-24-9-10-25(28(35)18-24)27(34)12-8-22-15-19(6-11-26(22)33)14-20-7-13-29-23(16-20)17-30(37-29)31(36)21-4-2-1-3-5-21/h1-13,15-18,32-33,35H,14H2/b12-8+. The second-order valence-electron chi connectivity index (χ2n) is 8.65. The van der Waals surface area contributed by atoms with Crippen molar-refractivity contribution in [2.24, 2.45) is 0 Å². The summed E-state index contributed by atoms with van der Waals surface area (Å²) in [5.74, 6) is -0.819.